The van der Waals surface area contributed by atoms with E-state index in [0.717, 1.165) is 18.0 Å². The van der Waals surface area contributed by atoms with E-state index >= 15 is 0 Å². The van der Waals surface area contributed by atoms with Crippen molar-refractivity contribution in [3.63, 3.8) is 0 Å². The van der Waals surface area contributed by atoms with Crippen molar-refractivity contribution in [2.75, 3.05) is 6.54 Å². The van der Waals surface area contributed by atoms with Crippen LogP contribution in [0, 0.1) is 0 Å². The lowest BCUT2D eigenvalue weighted by atomic mass is 10.1. The van der Waals surface area contributed by atoms with Gasteiger partial charge >= 0.3 is 0 Å². The van der Waals surface area contributed by atoms with Crippen LogP contribution in [0.4, 0.5) is 0 Å². The smallest absolute Gasteiger partial charge is 0.0862 e. The third-order valence-electron chi connectivity index (χ3n) is 3.37. The standard InChI is InChI=1S/C16H21NS/c1-2-3-4-8-13-17-15(11-12-16(17)18)14-9-6-5-7-10-14/h5-7,9-11H,2-4,8,12-13H2,1H3. The molecule has 1 aliphatic rings. The molecule has 0 aliphatic carbocycles. The van der Waals surface area contributed by atoms with Gasteiger partial charge in [0.25, 0.3) is 0 Å². The van der Waals surface area contributed by atoms with Crippen LogP contribution in [0.2, 0.25) is 0 Å². The molecule has 0 aromatic heterocycles. The van der Waals surface area contributed by atoms with E-state index in [0.29, 0.717) is 0 Å². The minimum atomic E-state index is 0.924. The van der Waals surface area contributed by atoms with E-state index in [9.17, 15) is 0 Å². The van der Waals surface area contributed by atoms with Gasteiger partial charge in [0.2, 0.25) is 0 Å². The molecule has 0 unspecified atom stereocenters. The molecule has 0 bridgehead atoms. The van der Waals surface area contributed by atoms with E-state index < -0.39 is 0 Å². The van der Waals surface area contributed by atoms with E-state index in [2.05, 4.69) is 48.2 Å². The maximum absolute atomic E-state index is 5.47. The number of hydrogen-bond donors (Lipinski definition) is 0. The number of hydrogen-bond acceptors (Lipinski definition) is 1. The second kappa shape index (κ2) is 6.69. The predicted octanol–water partition coefficient (Wildman–Crippen LogP) is 4.64. The van der Waals surface area contributed by atoms with E-state index in [4.69, 9.17) is 12.2 Å². The highest BCUT2D eigenvalue weighted by Gasteiger charge is 2.20. The van der Waals surface area contributed by atoms with Crippen LogP contribution in [-0.4, -0.2) is 16.4 Å². The summed E-state index contributed by atoms with van der Waals surface area (Å²) in [6, 6.07) is 10.6. The van der Waals surface area contributed by atoms with E-state index in [1.54, 1.807) is 0 Å². The highest BCUT2D eigenvalue weighted by molar-refractivity contribution is 7.80. The van der Waals surface area contributed by atoms with Gasteiger partial charge in [0, 0.05) is 18.7 Å². The third-order valence-corrected chi connectivity index (χ3v) is 3.75. The SMILES string of the molecule is CCCCCCN1C(=S)CC=C1c1ccccc1. The van der Waals surface area contributed by atoms with Crippen molar-refractivity contribution < 1.29 is 0 Å². The minimum absolute atomic E-state index is 0.924. The Kier molecular flexibility index (Phi) is 4.94. The summed E-state index contributed by atoms with van der Waals surface area (Å²) in [4.78, 5) is 3.39. The van der Waals surface area contributed by atoms with Gasteiger partial charge < -0.3 is 4.90 Å². The second-order valence-electron chi connectivity index (χ2n) is 4.77. The second-order valence-corrected chi connectivity index (χ2v) is 5.24. The van der Waals surface area contributed by atoms with Crippen molar-refractivity contribution in [3.8, 4) is 0 Å². The average molecular weight is 259 g/mol. The molecule has 1 heterocycles. The fourth-order valence-corrected chi connectivity index (χ4v) is 2.64. The Morgan fingerprint density at radius 2 is 1.89 bits per heavy atom. The zero-order valence-corrected chi connectivity index (χ0v) is 11.9. The molecule has 0 saturated carbocycles. The van der Waals surface area contributed by atoms with Crippen molar-refractivity contribution in [1.29, 1.82) is 0 Å². The van der Waals surface area contributed by atoms with Gasteiger partial charge in [-0.1, -0.05) is 74.8 Å². The number of benzene rings is 1. The zero-order chi connectivity index (χ0) is 12.8. The van der Waals surface area contributed by atoms with Crippen LogP contribution in [0.25, 0.3) is 5.70 Å². The Balaban J connectivity index is 1.99. The van der Waals surface area contributed by atoms with Crippen LogP contribution in [0.5, 0.6) is 0 Å². The van der Waals surface area contributed by atoms with Gasteiger partial charge in [0.05, 0.1) is 4.99 Å². The van der Waals surface area contributed by atoms with Crippen LogP contribution in [0.3, 0.4) is 0 Å². The first kappa shape index (κ1) is 13.3. The summed E-state index contributed by atoms with van der Waals surface area (Å²) in [6.07, 6.45) is 8.33. The number of nitrogens with zero attached hydrogens (tertiary/aromatic N) is 1. The van der Waals surface area contributed by atoms with E-state index in [1.165, 1.54) is 36.9 Å². The number of unbranched alkanes of at least 4 members (excludes halogenated alkanes) is 3. The quantitative estimate of drug-likeness (QED) is 0.541. The van der Waals surface area contributed by atoms with Crippen molar-refractivity contribution in [3.05, 3.63) is 42.0 Å². The molecule has 0 atom stereocenters. The zero-order valence-electron chi connectivity index (χ0n) is 11.1. The Hall–Kier alpha value is -1.15. The van der Waals surface area contributed by atoms with Crippen LogP contribution in [0.1, 0.15) is 44.6 Å². The maximum atomic E-state index is 5.47. The van der Waals surface area contributed by atoms with Gasteiger partial charge in [0.15, 0.2) is 0 Å². The van der Waals surface area contributed by atoms with Gasteiger partial charge in [-0.05, 0) is 12.0 Å². The molecule has 96 valence electrons. The Morgan fingerprint density at radius 1 is 1.11 bits per heavy atom. The number of thiocarbonyl (C=S) groups is 1. The van der Waals surface area contributed by atoms with Crippen molar-refractivity contribution in [2.24, 2.45) is 0 Å². The molecule has 0 fully saturated rings. The van der Waals surface area contributed by atoms with Crippen molar-refractivity contribution >= 4 is 22.9 Å². The van der Waals surface area contributed by atoms with Gasteiger partial charge in [-0.15, -0.1) is 0 Å². The van der Waals surface area contributed by atoms with Crippen LogP contribution >= 0.6 is 12.2 Å². The summed E-state index contributed by atoms with van der Waals surface area (Å²) in [5.41, 5.74) is 2.59. The maximum Gasteiger partial charge on any atom is 0.0862 e. The fraction of sp³-hybridized carbons (Fsp3) is 0.438. The molecular weight excluding hydrogens is 238 g/mol. The highest BCUT2D eigenvalue weighted by Crippen LogP contribution is 2.27. The first-order chi connectivity index (χ1) is 8.83. The topological polar surface area (TPSA) is 3.24 Å². The first-order valence-corrected chi connectivity index (χ1v) is 7.29. The van der Waals surface area contributed by atoms with E-state index in [1.807, 2.05) is 0 Å². The van der Waals surface area contributed by atoms with Crippen molar-refractivity contribution in [2.45, 2.75) is 39.0 Å². The number of rotatable bonds is 6. The Labute approximate surface area is 116 Å². The molecular formula is C16H21NS. The third kappa shape index (κ3) is 3.20. The monoisotopic (exact) mass is 259 g/mol. The molecule has 0 spiro atoms. The Bertz CT molecular complexity index is 422. The fourth-order valence-electron chi connectivity index (χ4n) is 2.36. The molecule has 0 N–H and O–H groups in total. The lowest BCUT2D eigenvalue weighted by Gasteiger charge is -2.22. The molecule has 0 radical (unpaired) electrons. The lowest BCUT2D eigenvalue weighted by molar-refractivity contribution is 0.534. The van der Waals surface area contributed by atoms with Gasteiger partial charge in [-0.25, -0.2) is 0 Å². The molecule has 1 aromatic rings. The molecule has 18 heavy (non-hydrogen) atoms. The Morgan fingerprint density at radius 3 is 2.61 bits per heavy atom. The van der Waals surface area contributed by atoms with Crippen LogP contribution in [0.15, 0.2) is 36.4 Å². The van der Waals surface area contributed by atoms with Crippen LogP contribution in [-0.2, 0) is 0 Å². The summed E-state index contributed by atoms with van der Waals surface area (Å²) in [6.45, 7) is 3.31. The average Bonchev–Trinajstić information content (AvgIpc) is 2.77. The van der Waals surface area contributed by atoms with Crippen molar-refractivity contribution in [1.82, 2.24) is 4.90 Å². The van der Waals surface area contributed by atoms with Crippen LogP contribution < -0.4 is 0 Å². The molecule has 2 rings (SSSR count). The molecule has 0 amide bonds. The van der Waals surface area contributed by atoms with Gasteiger partial charge in [-0.3, -0.25) is 0 Å². The molecule has 1 aromatic carbocycles. The summed E-state index contributed by atoms with van der Waals surface area (Å²) in [7, 11) is 0. The van der Waals surface area contributed by atoms with Gasteiger partial charge in [-0.2, -0.15) is 0 Å². The molecule has 1 aliphatic heterocycles. The largest absolute Gasteiger partial charge is 0.336 e. The summed E-state index contributed by atoms with van der Waals surface area (Å²) in [5, 5.41) is 0. The molecule has 2 heteroatoms. The normalized spacial score (nSPS) is 15.1. The van der Waals surface area contributed by atoms with Gasteiger partial charge in [0.1, 0.15) is 0 Å². The highest BCUT2D eigenvalue weighted by atomic mass is 32.1. The minimum Gasteiger partial charge on any atom is -0.336 e. The predicted molar refractivity (Wildman–Crippen MR) is 82.5 cm³/mol. The first-order valence-electron chi connectivity index (χ1n) is 6.89. The lowest BCUT2D eigenvalue weighted by Crippen LogP contribution is -2.24. The summed E-state index contributed by atoms with van der Waals surface area (Å²) >= 11 is 5.47. The molecule has 0 saturated heterocycles. The summed E-state index contributed by atoms with van der Waals surface area (Å²) < 4.78 is 0. The summed E-state index contributed by atoms with van der Waals surface area (Å²) in [5.74, 6) is 0. The van der Waals surface area contributed by atoms with E-state index in [-0.39, 0.29) is 0 Å². The molecule has 1 nitrogen and oxygen atoms in total.